The topological polar surface area (TPSA) is 58.6 Å². The number of rotatable bonds is 7. The summed E-state index contributed by atoms with van der Waals surface area (Å²) in [6.07, 6.45) is 4.46. The zero-order valence-corrected chi connectivity index (χ0v) is 18.0. The fourth-order valence-corrected chi connectivity index (χ4v) is 3.74. The number of carbonyl (C=O) groups excluding carboxylic acids is 1. The molecule has 3 aromatic rings. The number of nitrogens with zero attached hydrogens (tertiary/aromatic N) is 4. The zero-order valence-electron chi connectivity index (χ0n) is 17.3. The van der Waals surface area contributed by atoms with Gasteiger partial charge in [-0.25, -0.2) is 9.97 Å². The van der Waals surface area contributed by atoms with Crippen LogP contribution >= 0.6 is 11.6 Å². The smallest absolute Gasteiger partial charge is 0.223 e. The van der Waals surface area contributed by atoms with Gasteiger partial charge >= 0.3 is 0 Å². The first-order chi connectivity index (χ1) is 15.2. The van der Waals surface area contributed by atoms with Gasteiger partial charge in [-0.3, -0.25) is 4.79 Å². The molecule has 1 saturated heterocycles. The second-order valence-electron chi connectivity index (χ2n) is 7.48. The molecule has 6 nitrogen and oxygen atoms in total. The first kappa shape index (κ1) is 21.1. The van der Waals surface area contributed by atoms with Gasteiger partial charge in [0, 0.05) is 37.6 Å². The van der Waals surface area contributed by atoms with Crippen LogP contribution in [0.2, 0.25) is 5.02 Å². The summed E-state index contributed by atoms with van der Waals surface area (Å²) in [5.74, 6) is 1.62. The molecule has 0 bridgehead atoms. The third-order valence-corrected chi connectivity index (χ3v) is 5.62. The molecule has 0 saturated carbocycles. The molecule has 31 heavy (non-hydrogen) atoms. The van der Waals surface area contributed by atoms with E-state index in [9.17, 15) is 4.79 Å². The van der Waals surface area contributed by atoms with E-state index in [1.54, 1.807) is 6.20 Å². The SMILES string of the molecule is O=C(CCc1ccc(Cl)cc1)N1CCN(c2ncncc2OCc2ccccc2)CC1. The largest absolute Gasteiger partial charge is 0.483 e. The standard InChI is InChI=1S/C24H25ClN4O2/c25-21-9-6-19(7-10-21)8-11-23(30)28-12-14-29(15-13-28)24-22(16-26-18-27-24)31-17-20-4-2-1-3-5-20/h1-7,9-10,16,18H,8,11-15,17H2. The van der Waals surface area contributed by atoms with Crippen molar-refractivity contribution in [1.82, 2.24) is 14.9 Å². The lowest BCUT2D eigenvalue weighted by Crippen LogP contribution is -2.49. The van der Waals surface area contributed by atoms with E-state index in [1.807, 2.05) is 59.5 Å². The molecular formula is C24H25ClN4O2. The first-order valence-corrected chi connectivity index (χ1v) is 10.8. The lowest BCUT2D eigenvalue weighted by molar-refractivity contribution is -0.131. The van der Waals surface area contributed by atoms with Crippen LogP contribution < -0.4 is 9.64 Å². The van der Waals surface area contributed by atoms with Gasteiger partial charge in [0.25, 0.3) is 0 Å². The molecule has 160 valence electrons. The minimum Gasteiger partial charge on any atom is -0.483 e. The number of halogens is 1. The van der Waals surface area contributed by atoms with Gasteiger partial charge in [-0.15, -0.1) is 0 Å². The predicted octanol–water partition coefficient (Wildman–Crippen LogP) is 3.99. The Balaban J connectivity index is 1.30. The average Bonchev–Trinajstić information content (AvgIpc) is 2.83. The van der Waals surface area contributed by atoms with Crippen molar-refractivity contribution in [3.63, 3.8) is 0 Å². The summed E-state index contributed by atoms with van der Waals surface area (Å²) in [5, 5.41) is 0.711. The summed E-state index contributed by atoms with van der Waals surface area (Å²) in [7, 11) is 0. The molecule has 1 aromatic heterocycles. The lowest BCUT2D eigenvalue weighted by atomic mass is 10.1. The molecule has 1 fully saturated rings. The van der Waals surface area contributed by atoms with E-state index in [1.165, 1.54) is 6.33 Å². The quantitative estimate of drug-likeness (QED) is 0.560. The van der Waals surface area contributed by atoms with Crippen LogP contribution in [0.15, 0.2) is 67.1 Å². The fraction of sp³-hybridized carbons (Fsp3) is 0.292. The van der Waals surface area contributed by atoms with Crippen molar-refractivity contribution in [1.29, 1.82) is 0 Å². The summed E-state index contributed by atoms with van der Waals surface area (Å²) >= 11 is 5.92. The Bertz CT molecular complexity index is 990. The Morgan fingerprint density at radius 1 is 0.968 bits per heavy atom. The van der Waals surface area contributed by atoms with E-state index in [2.05, 4.69) is 14.9 Å². The number of piperazine rings is 1. The summed E-state index contributed by atoms with van der Waals surface area (Å²) in [5.41, 5.74) is 2.21. The molecule has 0 aliphatic carbocycles. The Kier molecular flexibility index (Phi) is 6.99. The van der Waals surface area contributed by atoms with Gasteiger partial charge < -0.3 is 14.5 Å². The minimum absolute atomic E-state index is 0.179. The molecule has 1 amide bonds. The summed E-state index contributed by atoms with van der Waals surface area (Å²) in [6.45, 7) is 3.23. The molecule has 0 N–H and O–H groups in total. The maximum Gasteiger partial charge on any atom is 0.223 e. The molecule has 4 rings (SSSR count). The van der Waals surface area contributed by atoms with Gasteiger partial charge in [-0.2, -0.15) is 0 Å². The third-order valence-electron chi connectivity index (χ3n) is 5.37. The highest BCUT2D eigenvalue weighted by Crippen LogP contribution is 2.26. The molecule has 0 radical (unpaired) electrons. The Morgan fingerprint density at radius 2 is 1.71 bits per heavy atom. The van der Waals surface area contributed by atoms with Gasteiger partial charge in [0.05, 0.1) is 6.20 Å². The Morgan fingerprint density at radius 3 is 2.45 bits per heavy atom. The van der Waals surface area contributed by atoms with Crippen molar-refractivity contribution < 1.29 is 9.53 Å². The molecular weight excluding hydrogens is 412 g/mol. The van der Waals surface area contributed by atoms with Gasteiger partial charge in [-0.05, 0) is 29.7 Å². The monoisotopic (exact) mass is 436 g/mol. The molecule has 2 heterocycles. The Hall–Kier alpha value is -3.12. The van der Waals surface area contributed by atoms with Gasteiger partial charge in [0.2, 0.25) is 5.91 Å². The number of hydrogen-bond donors (Lipinski definition) is 0. The van der Waals surface area contributed by atoms with Crippen molar-refractivity contribution in [3.05, 3.63) is 83.3 Å². The highest BCUT2D eigenvalue weighted by Gasteiger charge is 2.23. The molecule has 0 unspecified atom stereocenters. The maximum absolute atomic E-state index is 12.6. The molecule has 2 aromatic carbocycles. The highest BCUT2D eigenvalue weighted by atomic mass is 35.5. The predicted molar refractivity (Wildman–Crippen MR) is 121 cm³/mol. The summed E-state index contributed by atoms with van der Waals surface area (Å²) in [4.78, 5) is 25.3. The second kappa shape index (κ2) is 10.3. The van der Waals surface area contributed by atoms with Crippen LogP contribution in [0.4, 0.5) is 5.82 Å². The number of aryl methyl sites for hydroxylation is 1. The normalized spacial score (nSPS) is 13.8. The van der Waals surface area contributed by atoms with Gasteiger partial charge in [0.15, 0.2) is 11.6 Å². The molecule has 7 heteroatoms. The van der Waals surface area contributed by atoms with Gasteiger partial charge in [-0.1, -0.05) is 54.1 Å². The van der Waals surface area contributed by atoms with Gasteiger partial charge in [0.1, 0.15) is 12.9 Å². The zero-order chi connectivity index (χ0) is 21.5. The molecule has 1 aliphatic rings. The Labute approximate surface area is 187 Å². The van der Waals surface area contributed by atoms with Crippen LogP contribution in [0.1, 0.15) is 17.5 Å². The number of ether oxygens (including phenoxy) is 1. The van der Waals surface area contributed by atoms with Crippen molar-refractivity contribution in [2.24, 2.45) is 0 Å². The first-order valence-electron chi connectivity index (χ1n) is 10.4. The number of aromatic nitrogens is 2. The number of carbonyl (C=O) groups is 1. The fourth-order valence-electron chi connectivity index (χ4n) is 3.61. The van der Waals surface area contributed by atoms with Crippen molar-refractivity contribution in [3.8, 4) is 5.75 Å². The second-order valence-corrected chi connectivity index (χ2v) is 7.92. The highest BCUT2D eigenvalue weighted by molar-refractivity contribution is 6.30. The van der Waals surface area contributed by atoms with Crippen LogP contribution in [-0.4, -0.2) is 47.0 Å². The molecule has 0 atom stereocenters. The summed E-state index contributed by atoms with van der Waals surface area (Å²) in [6, 6.07) is 17.7. The van der Waals surface area contributed by atoms with E-state index in [-0.39, 0.29) is 5.91 Å². The average molecular weight is 437 g/mol. The van der Waals surface area contributed by atoms with Crippen LogP contribution in [-0.2, 0) is 17.8 Å². The van der Waals surface area contributed by atoms with E-state index in [0.717, 1.165) is 23.4 Å². The van der Waals surface area contributed by atoms with E-state index < -0.39 is 0 Å². The van der Waals surface area contributed by atoms with Crippen molar-refractivity contribution in [2.45, 2.75) is 19.4 Å². The van der Waals surface area contributed by atoms with E-state index >= 15 is 0 Å². The number of benzene rings is 2. The van der Waals surface area contributed by atoms with Crippen LogP contribution in [0, 0.1) is 0 Å². The third kappa shape index (κ3) is 5.73. The van der Waals surface area contributed by atoms with Crippen molar-refractivity contribution in [2.75, 3.05) is 31.1 Å². The lowest BCUT2D eigenvalue weighted by Gasteiger charge is -2.36. The number of hydrogen-bond acceptors (Lipinski definition) is 5. The number of amides is 1. The molecule has 0 spiro atoms. The molecule has 1 aliphatic heterocycles. The van der Waals surface area contributed by atoms with Crippen LogP contribution in [0.5, 0.6) is 5.75 Å². The summed E-state index contributed by atoms with van der Waals surface area (Å²) < 4.78 is 5.99. The van der Waals surface area contributed by atoms with Crippen LogP contribution in [0.3, 0.4) is 0 Å². The van der Waals surface area contributed by atoms with E-state index in [4.69, 9.17) is 16.3 Å². The van der Waals surface area contributed by atoms with Crippen LogP contribution in [0.25, 0.3) is 0 Å². The van der Waals surface area contributed by atoms with E-state index in [0.29, 0.717) is 50.0 Å². The number of anilines is 1. The van der Waals surface area contributed by atoms with Crippen molar-refractivity contribution >= 4 is 23.3 Å². The minimum atomic E-state index is 0.179. The maximum atomic E-state index is 12.6.